The summed E-state index contributed by atoms with van der Waals surface area (Å²) in [5.74, 6) is -1.63. The maximum atomic E-state index is 12.3. The van der Waals surface area contributed by atoms with Crippen LogP contribution in [0, 0.1) is 0 Å². The number of sulfonamides is 1. The summed E-state index contributed by atoms with van der Waals surface area (Å²) in [6.45, 7) is 2.83. The van der Waals surface area contributed by atoms with Gasteiger partial charge in [-0.05, 0) is 38.1 Å². The van der Waals surface area contributed by atoms with Crippen LogP contribution >= 0.6 is 0 Å². The summed E-state index contributed by atoms with van der Waals surface area (Å²) in [6.07, 6.45) is 0. The molecule has 22 heavy (non-hydrogen) atoms. The minimum atomic E-state index is -3.57. The van der Waals surface area contributed by atoms with Crippen LogP contribution in [0.4, 0.5) is 0 Å². The molecule has 8 heteroatoms. The lowest BCUT2D eigenvalue weighted by atomic mass is 10.0. The summed E-state index contributed by atoms with van der Waals surface area (Å²) in [7, 11) is 0.651. The number of amides is 1. The molecule has 7 nitrogen and oxygen atoms in total. The van der Waals surface area contributed by atoms with E-state index in [1.54, 1.807) is 0 Å². The van der Waals surface area contributed by atoms with Gasteiger partial charge in [0.15, 0.2) is 0 Å². The van der Waals surface area contributed by atoms with E-state index in [4.69, 9.17) is 5.11 Å². The number of aliphatic carboxylic acids is 1. The van der Waals surface area contributed by atoms with E-state index in [1.807, 2.05) is 0 Å². The molecule has 0 unspecified atom stereocenters. The summed E-state index contributed by atoms with van der Waals surface area (Å²) in [4.78, 5) is 24.6. The van der Waals surface area contributed by atoms with Crippen molar-refractivity contribution in [3.8, 4) is 0 Å². The van der Waals surface area contributed by atoms with E-state index in [9.17, 15) is 18.0 Å². The molecule has 0 aliphatic rings. The molecule has 0 aromatic heterocycles. The lowest BCUT2D eigenvalue weighted by Crippen LogP contribution is -2.50. The van der Waals surface area contributed by atoms with Crippen molar-refractivity contribution in [3.05, 3.63) is 29.8 Å². The fourth-order valence-corrected chi connectivity index (χ4v) is 2.47. The second kappa shape index (κ2) is 6.05. The van der Waals surface area contributed by atoms with Crippen molar-refractivity contribution >= 4 is 21.9 Å². The first-order valence-corrected chi connectivity index (χ1v) is 7.90. The van der Waals surface area contributed by atoms with Gasteiger partial charge in [0, 0.05) is 26.7 Å². The number of nitrogens with zero attached hydrogens (tertiary/aromatic N) is 2. The number of rotatable bonds is 5. The Bertz CT molecular complexity index is 678. The number of carbonyl (C=O) groups is 2. The summed E-state index contributed by atoms with van der Waals surface area (Å²) in [6, 6.07) is 5.38. The van der Waals surface area contributed by atoms with Crippen LogP contribution in [-0.2, 0) is 14.8 Å². The van der Waals surface area contributed by atoms with Gasteiger partial charge in [0.25, 0.3) is 5.91 Å². The maximum absolute atomic E-state index is 12.3. The van der Waals surface area contributed by atoms with Crippen LogP contribution in [0.5, 0.6) is 0 Å². The maximum Gasteiger partial charge on any atom is 0.329 e. The Morgan fingerprint density at radius 2 is 1.50 bits per heavy atom. The van der Waals surface area contributed by atoms with Gasteiger partial charge >= 0.3 is 5.97 Å². The molecule has 0 aliphatic carbocycles. The van der Waals surface area contributed by atoms with E-state index in [0.29, 0.717) is 0 Å². The standard InChI is InChI=1S/C14H20N2O5S/c1-14(2,13(18)19)16(5)12(17)10-6-8-11(9-7-10)22(20,21)15(3)4/h6-9H,1-5H3,(H,18,19). The van der Waals surface area contributed by atoms with Crippen LogP contribution in [0.1, 0.15) is 24.2 Å². The highest BCUT2D eigenvalue weighted by molar-refractivity contribution is 7.89. The Kier molecular flexibility index (Phi) is 4.99. The zero-order valence-electron chi connectivity index (χ0n) is 13.2. The monoisotopic (exact) mass is 328 g/mol. The number of hydrogen-bond donors (Lipinski definition) is 1. The number of carbonyl (C=O) groups excluding carboxylic acids is 1. The molecule has 0 aliphatic heterocycles. The highest BCUT2D eigenvalue weighted by Crippen LogP contribution is 2.19. The third kappa shape index (κ3) is 3.28. The van der Waals surface area contributed by atoms with E-state index in [0.717, 1.165) is 9.21 Å². The molecular formula is C14H20N2O5S. The summed E-state index contributed by atoms with van der Waals surface area (Å²) < 4.78 is 25.0. The van der Waals surface area contributed by atoms with Crippen molar-refractivity contribution in [2.45, 2.75) is 24.3 Å². The Morgan fingerprint density at radius 3 is 1.86 bits per heavy atom. The molecule has 1 N–H and O–H groups in total. The van der Waals surface area contributed by atoms with Crippen LogP contribution in [0.2, 0.25) is 0 Å². The zero-order valence-corrected chi connectivity index (χ0v) is 14.0. The van der Waals surface area contributed by atoms with Gasteiger partial charge in [0.2, 0.25) is 10.0 Å². The number of likely N-dealkylation sites (N-methyl/N-ethyl adjacent to an activating group) is 1. The van der Waals surface area contributed by atoms with Gasteiger partial charge < -0.3 is 10.0 Å². The van der Waals surface area contributed by atoms with E-state index in [2.05, 4.69) is 0 Å². The van der Waals surface area contributed by atoms with Crippen LogP contribution in [-0.4, -0.2) is 61.3 Å². The van der Waals surface area contributed by atoms with Crippen molar-refractivity contribution in [3.63, 3.8) is 0 Å². The second-order valence-electron chi connectivity index (χ2n) is 5.54. The molecule has 1 aromatic carbocycles. The Labute approximate surface area is 130 Å². The van der Waals surface area contributed by atoms with E-state index in [-0.39, 0.29) is 10.5 Å². The fraction of sp³-hybridized carbons (Fsp3) is 0.429. The van der Waals surface area contributed by atoms with Crippen molar-refractivity contribution in [1.82, 2.24) is 9.21 Å². The number of hydrogen-bond acceptors (Lipinski definition) is 4. The Hall–Kier alpha value is -1.93. The molecular weight excluding hydrogens is 308 g/mol. The van der Waals surface area contributed by atoms with Crippen LogP contribution in [0.3, 0.4) is 0 Å². The van der Waals surface area contributed by atoms with Gasteiger partial charge in [0.05, 0.1) is 4.90 Å². The third-order valence-electron chi connectivity index (χ3n) is 3.55. The van der Waals surface area contributed by atoms with Crippen LogP contribution < -0.4 is 0 Å². The molecule has 0 bridgehead atoms. The van der Waals surface area contributed by atoms with Crippen LogP contribution in [0.25, 0.3) is 0 Å². The van der Waals surface area contributed by atoms with Gasteiger partial charge in [-0.3, -0.25) is 4.79 Å². The normalized spacial score (nSPS) is 12.3. The molecule has 0 saturated heterocycles. The van der Waals surface area contributed by atoms with Crippen LogP contribution in [0.15, 0.2) is 29.2 Å². The number of carboxylic acid groups (broad SMARTS) is 1. The molecule has 0 spiro atoms. The molecule has 1 amide bonds. The fourth-order valence-electron chi connectivity index (χ4n) is 1.57. The largest absolute Gasteiger partial charge is 0.480 e. The van der Waals surface area contributed by atoms with E-state index in [1.165, 1.54) is 59.3 Å². The van der Waals surface area contributed by atoms with E-state index >= 15 is 0 Å². The Morgan fingerprint density at radius 1 is 1.05 bits per heavy atom. The van der Waals surface area contributed by atoms with Gasteiger partial charge in [-0.1, -0.05) is 0 Å². The number of carboxylic acids is 1. The average Bonchev–Trinajstić information content (AvgIpc) is 2.45. The molecule has 0 fully saturated rings. The van der Waals surface area contributed by atoms with Gasteiger partial charge in [-0.25, -0.2) is 17.5 Å². The molecule has 0 radical (unpaired) electrons. The predicted octanol–water partition coefficient (Wildman–Crippen LogP) is 0.872. The first-order chi connectivity index (χ1) is 9.92. The van der Waals surface area contributed by atoms with Crippen molar-refractivity contribution < 1.29 is 23.1 Å². The zero-order chi connectivity index (χ0) is 17.3. The van der Waals surface area contributed by atoms with Crippen molar-refractivity contribution in [2.75, 3.05) is 21.1 Å². The van der Waals surface area contributed by atoms with Crippen molar-refractivity contribution in [1.29, 1.82) is 0 Å². The summed E-state index contributed by atoms with van der Waals surface area (Å²) in [5.41, 5.74) is -1.15. The second-order valence-corrected chi connectivity index (χ2v) is 7.69. The lowest BCUT2D eigenvalue weighted by Gasteiger charge is -2.31. The van der Waals surface area contributed by atoms with Gasteiger partial charge in [-0.2, -0.15) is 0 Å². The molecule has 1 rings (SSSR count). The summed E-state index contributed by atoms with van der Waals surface area (Å²) in [5, 5.41) is 9.14. The summed E-state index contributed by atoms with van der Waals surface area (Å²) >= 11 is 0. The highest BCUT2D eigenvalue weighted by Gasteiger charge is 2.35. The van der Waals surface area contributed by atoms with Gasteiger partial charge in [0.1, 0.15) is 5.54 Å². The smallest absolute Gasteiger partial charge is 0.329 e. The minimum Gasteiger partial charge on any atom is -0.480 e. The first-order valence-electron chi connectivity index (χ1n) is 6.46. The molecule has 0 atom stereocenters. The Balaban J connectivity index is 3.11. The molecule has 0 heterocycles. The SMILES string of the molecule is CN(C(=O)c1ccc(S(=O)(=O)N(C)C)cc1)C(C)(C)C(=O)O. The lowest BCUT2D eigenvalue weighted by molar-refractivity contribution is -0.147. The topological polar surface area (TPSA) is 95.0 Å². The van der Waals surface area contributed by atoms with E-state index < -0.39 is 27.4 Å². The van der Waals surface area contributed by atoms with Gasteiger partial charge in [-0.15, -0.1) is 0 Å². The predicted molar refractivity (Wildman–Crippen MR) is 81.1 cm³/mol. The molecule has 1 aromatic rings. The quantitative estimate of drug-likeness (QED) is 0.865. The highest BCUT2D eigenvalue weighted by atomic mass is 32.2. The first kappa shape index (κ1) is 18.1. The average molecular weight is 328 g/mol. The molecule has 122 valence electrons. The minimum absolute atomic E-state index is 0.0641. The van der Waals surface area contributed by atoms with Crippen molar-refractivity contribution in [2.24, 2.45) is 0 Å². The molecule has 0 saturated carbocycles. The number of benzene rings is 1. The third-order valence-corrected chi connectivity index (χ3v) is 5.38.